The number of rotatable bonds is 6. The number of hydrogen-bond acceptors (Lipinski definition) is 6. The number of nitrogens with zero attached hydrogens (tertiary/aromatic N) is 3. The van der Waals surface area contributed by atoms with Crippen LogP contribution in [-0.2, 0) is 14.8 Å². The molecule has 1 aromatic heterocycles. The lowest BCUT2D eigenvalue weighted by atomic mass is 10.1. The maximum Gasteiger partial charge on any atom is 0.271 e. The van der Waals surface area contributed by atoms with E-state index in [1.54, 1.807) is 26.0 Å². The Kier molecular flexibility index (Phi) is 5.91. The van der Waals surface area contributed by atoms with Gasteiger partial charge in [-0.25, -0.2) is 13.4 Å². The van der Waals surface area contributed by atoms with E-state index in [1.165, 1.54) is 19.3 Å². The molecule has 0 aliphatic carbocycles. The van der Waals surface area contributed by atoms with Crippen LogP contribution in [0.25, 0.3) is 0 Å². The highest BCUT2D eigenvalue weighted by Gasteiger charge is 2.27. The minimum atomic E-state index is -4.10. The van der Waals surface area contributed by atoms with E-state index >= 15 is 0 Å². The van der Waals surface area contributed by atoms with Crippen molar-refractivity contribution in [2.24, 2.45) is 0 Å². The number of carbonyl (C=O) groups excluding carboxylic acids is 1. The van der Waals surface area contributed by atoms with Gasteiger partial charge in [-0.15, -0.1) is 0 Å². The van der Waals surface area contributed by atoms with Gasteiger partial charge in [-0.2, -0.15) is 4.31 Å². The molecule has 1 amide bonds. The minimum Gasteiger partial charge on any atom is -0.310 e. The number of anilines is 1. The molecule has 2 aromatic rings. The van der Waals surface area contributed by atoms with Crippen LogP contribution >= 0.6 is 0 Å². The summed E-state index contributed by atoms with van der Waals surface area (Å²) in [4.78, 5) is 26.4. The standard InChI is InChI=1S/C17H20N4O5S/c1-11-5-6-18-16(7-11)19-17(22)10-20(4)27(25,26)15-9-14(21(23)24)8-12(2)13(15)3/h5-9H,10H2,1-4H3,(H,18,19,22). The summed E-state index contributed by atoms with van der Waals surface area (Å²) in [5, 5.41) is 13.6. The highest BCUT2D eigenvalue weighted by atomic mass is 32.2. The molecule has 0 atom stereocenters. The highest BCUT2D eigenvalue weighted by Crippen LogP contribution is 2.27. The number of amides is 1. The molecule has 0 fully saturated rings. The molecule has 144 valence electrons. The van der Waals surface area contributed by atoms with Gasteiger partial charge in [-0.05, 0) is 49.6 Å². The van der Waals surface area contributed by atoms with Crippen molar-refractivity contribution in [2.75, 3.05) is 18.9 Å². The second kappa shape index (κ2) is 7.80. The van der Waals surface area contributed by atoms with Gasteiger partial charge < -0.3 is 5.32 Å². The minimum absolute atomic E-state index is 0.196. The summed E-state index contributed by atoms with van der Waals surface area (Å²) >= 11 is 0. The zero-order chi connectivity index (χ0) is 20.4. The normalized spacial score (nSPS) is 11.4. The zero-order valence-electron chi connectivity index (χ0n) is 15.4. The molecule has 0 radical (unpaired) electrons. The maximum atomic E-state index is 12.8. The number of hydrogen-bond donors (Lipinski definition) is 1. The van der Waals surface area contributed by atoms with Crippen molar-refractivity contribution in [1.29, 1.82) is 0 Å². The molecule has 0 saturated carbocycles. The van der Waals surface area contributed by atoms with Crippen molar-refractivity contribution in [2.45, 2.75) is 25.7 Å². The van der Waals surface area contributed by atoms with Crippen molar-refractivity contribution in [3.05, 3.63) is 57.3 Å². The predicted octanol–water partition coefficient (Wildman–Crippen LogP) is 2.17. The monoisotopic (exact) mass is 392 g/mol. The second-order valence-corrected chi connectivity index (χ2v) is 8.18. The van der Waals surface area contributed by atoms with Crippen LogP contribution < -0.4 is 5.32 Å². The number of non-ortho nitro benzene ring substituents is 1. The molecule has 0 spiro atoms. The third-order valence-corrected chi connectivity index (χ3v) is 5.98. The second-order valence-electron chi connectivity index (χ2n) is 6.17. The number of nitro benzene ring substituents is 1. The van der Waals surface area contributed by atoms with Crippen molar-refractivity contribution in [3.8, 4) is 0 Å². The number of carbonyl (C=O) groups is 1. The highest BCUT2D eigenvalue weighted by molar-refractivity contribution is 7.89. The number of pyridine rings is 1. The van der Waals surface area contributed by atoms with E-state index < -0.39 is 27.4 Å². The number of aryl methyl sites for hydroxylation is 2. The summed E-state index contributed by atoms with van der Waals surface area (Å²) < 4.78 is 26.5. The van der Waals surface area contributed by atoms with E-state index in [1.807, 2.05) is 6.92 Å². The Morgan fingerprint density at radius 1 is 1.26 bits per heavy atom. The average molecular weight is 392 g/mol. The van der Waals surface area contributed by atoms with Gasteiger partial charge in [0.05, 0.1) is 16.4 Å². The van der Waals surface area contributed by atoms with E-state index in [0.29, 0.717) is 16.9 Å². The lowest BCUT2D eigenvalue weighted by Gasteiger charge is -2.19. The number of benzene rings is 1. The summed E-state index contributed by atoms with van der Waals surface area (Å²) in [5.74, 6) is -0.257. The Hall–Kier alpha value is -2.85. The van der Waals surface area contributed by atoms with Gasteiger partial charge in [0.1, 0.15) is 5.82 Å². The van der Waals surface area contributed by atoms with E-state index in [9.17, 15) is 23.3 Å². The molecule has 1 aromatic carbocycles. The molecular weight excluding hydrogens is 372 g/mol. The molecule has 0 unspecified atom stereocenters. The van der Waals surface area contributed by atoms with Gasteiger partial charge in [0, 0.05) is 25.4 Å². The Morgan fingerprint density at radius 3 is 2.52 bits per heavy atom. The van der Waals surface area contributed by atoms with E-state index in [4.69, 9.17) is 0 Å². The smallest absolute Gasteiger partial charge is 0.271 e. The SMILES string of the molecule is Cc1ccnc(NC(=O)CN(C)S(=O)(=O)c2cc([N+](=O)[O-])cc(C)c2C)c1. The number of sulfonamides is 1. The largest absolute Gasteiger partial charge is 0.310 e. The summed E-state index contributed by atoms with van der Waals surface area (Å²) in [6.07, 6.45) is 1.53. The number of nitro groups is 1. The van der Waals surface area contributed by atoms with Crippen molar-refractivity contribution in [1.82, 2.24) is 9.29 Å². The first-order chi connectivity index (χ1) is 12.5. The number of aromatic nitrogens is 1. The first kappa shape index (κ1) is 20.5. The van der Waals surface area contributed by atoms with E-state index in [2.05, 4.69) is 10.3 Å². The van der Waals surface area contributed by atoms with Crippen LogP contribution in [0.3, 0.4) is 0 Å². The zero-order valence-corrected chi connectivity index (χ0v) is 16.2. The van der Waals surface area contributed by atoms with Crippen molar-refractivity contribution >= 4 is 27.4 Å². The van der Waals surface area contributed by atoms with Gasteiger partial charge in [-0.3, -0.25) is 14.9 Å². The first-order valence-electron chi connectivity index (χ1n) is 7.97. The van der Waals surface area contributed by atoms with Crippen LogP contribution in [0.15, 0.2) is 35.4 Å². The average Bonchev–Trinajstić information content (AvgIpc) is 2.56. The van der Waals surface area contributed by atoms with Gasteiger partial charge in [0.25, 0.3) is 5.69 Å². The van der Waals surface area contributed by atoms with Crippen LogP contribution in [0, 0.1) is 30.9 Å². The summed E-state index contributed by atoms with van der Waals surface area (Å²) in [6, 6.07) is 5.73. The van der Waals surface area contributed by atoms with Crippen LogP contribution in [0.1, 0.15) is 16.7 Å². The predicted molar refractivity (Wildman–Crippen MR) is 100.0 cm³/mol. The van der Waals surface area contributed by atoms with Gasteiger partial charge in [0.2, 0.25) is 15.9 Å². The summed E-state index contributed by atoms with van der Waals surface area (Å²) in [5.41, 5.74) is 1.44. The molecule has 0 aliphatic heterocycles. The van der Waals surface area contributed by atoms with Crippen LogP contribution in [0.4, 0.5) is 11.5 Å². The Balaban J connectivity index is 2.26. The molecule has 1 heterocycles. The Labute approximate surface area is 157 Å². The lowest BCUT2D eigenvalue weighted by molar-refractivity contribution is -0.385. The van der Waals surface area contributed by atoms with Crippen LogP contribution in [0.5, 0.6) is 0 Å². The molecule has 0 saturated heterocycles. The fourth-order valence-corrected chi connectivity index (χ4v) is 3.86. The van der Waals surface area contributed by atoms with Gasteiger partial charge in [-0.1, -0.05) is 0 Å². The van der Waals surface area contributed by atoms with Gasteiger partial charge in [0.15, 0.2) is 0 Å². The molecule has 27 heavy (non-hydrogen) atoms. The Bertz CT molecular complexity index is 1000. The topological polar surface area (TPSA) is 123 Å². The number of nitrogens with one attached hydrogen (secondary N) is 1. The summed E-state index contributed by atoms with van der Waals surface area (Å²) in [6.45, 7) is 4.54. The maximum absolute atomic E-state index is 12.8. The van der Waals surface area contributed by atoms with Crippen LogP contribution in [0.2, 0.25) is 0 Å². The van der Waals surface area contributed by atoms with Crippen LogP contribution in [-0.4, -0.2) is 42.1 Å². The fourth-order valence-electron chi connectivity index (χ4n) is 2.42. The summed E-state index contributed by atoms with van der Waals surface area (Å²) in [7, 11) is -2.85. The third kappa shape index (κ3) is 4.66. The molecule has 0 aliphatic rings. The molecule has 1 N–H and O–H groups in total. The fraction of sp³-hybridized carbons (Fsp3) is 0.294. The van der Waals surface area contributed by atoms with Crippen molar-refractivity contribution in [3.63, 3.8) is 0 Å². The van der Waals surface area contributed by atoms with E-state index in [0.717, 1.165) is 15.9 Å². The quantitative estimate of drug-likeness (QED) is 0.594. The van der Waals surface area contributed by atoms with Crippen molar-refractivity contribution < 1.29 is 18.1 Å². The first-order valence-corrected chi connectivity index (χ1v) is 9.41. The van der Waals surface area contributed by atoms with E-state index in [-0.39, 0.29) is 10.6 Å². The molecule has 10 heteroatoms. The lowest BCUT2D eigenvalue weighted by Crippen LogP contribution is -2.35. The molecular formula is C17H20N4O5S. The number of likely N-dealkylation sites (N-methyl/N-ethyl adjacent to an activating group) is 1. The van der Waals surface area contributed by atoms with Gasteiger partial charge >= 0.3 is 0 Å². The third-order valence-electron chi connectivity index (χ3n) is 4.05. The molecule has 2 rings (SSSR count). The molecule has 0 bridgehead atoms. The Morgan fingerprint density at radius 2 is 1.93 bits per heavy atom. The molecule has 9 nitrogen and oxygen atoms in total.